The van der Waals surface area contributed by atoms with Crippen LogP contribution in [0, 0.1) is 5.92 Å². The summed E-state index contributed by atoms with van der Waals surface area (Å²) in [6.07, 6.45) is -1.79. The highest BCUT2D eigenvalue weighted by molar-refractivity contribution is 5.97. The van der Waals surface area contributed by atoms with E-state index in [0.717, 1.165) is 0 Å². The molecule has 31 heteroatoms. The molecule has 0 aliphatic rings. The summed E-state index contributed by atoms with van der Waals surface area (Å²) in [5.74, 6) is -12.6. The number of hydrogen-bond donors (Lipinski definition) is 18. The van der Waals surface area contributed by atoms with Gasteiger partial charge in [-0.15, -0.1) is 0 Å². The number of nitrogens with zero attached hydrogens (tertiary/aromatic N) is 2. The van der Waals surface area contributed by atoms with Gasteiger partial charge in [0.05, 0.1) is 32.2 Å². The summed E-state index contributed by atoms with van der Waals surface area (Å²) in [6.45, 7) is 0.788. The fourth-order valence-electron chi connectivity index (χ4n) is 6.49. The number of aliphatic carboxylic acids is 2. The van der Waals surface area contributed by atoms with Crippen LogP contribution in [-0.2, 0) is 59.2 Å². The maximum Gasteiger partial charge on any atom is 0.326 e. The van der Waals surface area contributed by atoms with Crippen LogP contribution >= 0.6 is 0 Å². The molecule has 9 amide bonds. The van der Waals surface area contributed by atoms with Gasteiger partial charge < -0.3 is 97.4 Å². The number of aliphatic hydroxyl groups excluding tert-OH is 1. The Morgan fingerprint density at radius 2 is 1.03 bits per heavy atom. The number of aliphatic hydroxyl groups is 1. The summed E-state index contributed by atoms with van der Waals surface area (Å²) in [7, 11) is 0. The Bertz CT molecular complexity index is 2170. The summed E-state index contributed by atoms with van der Waals surface area (Å²) in [4.78, 5) is 148. The molecule has 0 saturated carbocycles. The fourth-order valence-corrected chi connectivity index (χ4v) is 6.49. The number of aromatic hydroxyl groups is 1. The predicted octanol–water partition coefficient (Wildman–Crippen LogP) is -7.63. The van der Waals surface area contributed by atoms with Crippen molar-refractivity contribution in [1.82, 2.24) is 42.5 Å². The molecule has 1 aromatic carbocycles. The Labute approximate surface area is 424 Å². The molecule has 1 aromatic rings. The fraction of sp³-hybridized carbons (Fsp3) is 0.558. The molecule has 0 radical (unpaired) electrons. The number of aliphatic imine (C=N–C) groups is 2. The Kier molecular flexibility index (Phi) is 28.7. The van der Waals surface area contributed by atoms with Crippen LogP contribution in [0.2, 0.25) is 0 Å². The number of carbonyl (C=O) groups excluding carboxylic acids is 9. The first kappa shape index (κ1) is 63.7. The summed E-state index contributed by atoms with van der Waals surface area (Å²) in [6, 6.07) is -4.88. The van der Waals surface area contributed by atoms with Gasteiger partial charge in [-0.2, -0.15) is 0 Å². The molecule has 0 saturated heterocycles. The lowest BCUT2D eigenvalue weighted by Crippen LogP contribution is -2.59. The van der Waals surface area contributed by atoms with Crippen molar-refractivity contribution < 1.29 is 73.2 Å². The molecule has 24 N–H and O–H groups in total. The van der Waals surface area contributed by atoms with Crippen LogP contribution in [0.5, 0.6) is 5.75 Å². The van der Waals surface area contributed by atoms with Crippen LogP contribution in [0.4, 0.5) is 0 Å². The molecule has 0 bridgehead atoms. The molecule has 0 heterocycles. The number of phenols is 1. The van der Waals surface area contributed by atoms with Crippen molar-refractivity contribution in [3.05, 3.63) is 29.8 Å². The first-order chi connectivity index (χ1) is 34.7. The van der Waals surface area contributed by atoms with Crippen molar-refractivity contribution in [2.75, 3.05) is 32.8 Å². The quantitative estimate of drug-likeness (QED) is 0.0171. The highest BCUT2D eigenvalue weighted by atomic mass is 16.4. The molecule has 412 valence electrons. The zero-order valence-electron chi connectivity index (χ0n) is 41.0. The summed E-state index contributed by atoms with van der Waals surface area (Å²) < 4.78 is 0. The SMILES string of the molecule is CC(C)C[C@H](NC(=O)[C@H](CO)NC(=O)[C@H](CCCN=C(N)N)NC(=O)CNC(=O)[C@H](CCC(N)=O)NC(=O)CNC(=O)[C@H](CC(=O)O)NC(=O)[C@@H](N)CCCN=C(N)N)C(=O)N[C@@H](Cc1ccc(O)cc1)C(=O)O. The van der Waals surface area contributed by atoms with Gasteiger partial charge in [0.25, 0.3) is 0 Å². The van der Waals surface area contributed by atoms with Crippen LogP contribution in [0.1, 0.15) is 70.8 Å². The Morgan fingerprint density at radius 1 is 0.568 bits per heavy atom. The normalized spacial score (nSPS) is 13.6. The minimum absolute atomic E-state index is 0.00833. The number of nitrogens with one attached hydrogen (secondary N) is 8. The minimum atomic E-state index is -1.73. The molecule has 0 fully saturated rings. The van der Waals surface area contributed by atoms with Gasteiger partial charge in [-0.05, 0) is 62.1 Å². The molecule has 7 atom stereocenters. The molecule has 0 spiro atoms. The van der Waals surface area contributed by atoms with Crippen molar-refractivity contribution >= 4 is 77.0 Å². The van der Waals surface area contributed by atoms with Crippen molar-refractivity contribution in [2.24, 2.45) is 50.3 Å². The van der Waals surface area contributed by atoms with E-state index in [0.29, 0.717) is 5.56 Å². The number of nitrogens with two attached hydrogens (primary N) is 6. The number of guanidine groups is 2. The molecule has 0 unspecified atom stereocenters. The molecular formula is C43H70N16O15. The minimum Gasteiger partial charge on any atom is -0.508 e. The van der Waals surface area contributed by atoms with E-state index in [-0.39, 0.29) is 75.2 Å². The van der Waals surface area contributed by atoms with Crippen molar-refractivity contribution in [1.29, 1.82) is 0 Å². The smallest absolute Gasteiger partial charge is 0.326 e. The average molecular weight is 1050 g/mol. The van der Waals surface area contributed by atoms with E-state index in [9.17, 15) is 73.2 Å². The number of primary amides is 1. The third-order valence-corrected chi connectivity index (χ3v) is 10.2. The van der Waals surface area contributed by atoms with E-state index in [1.54, 1.807) is 13.8 Å². The average Bonchev–Trinajstić information content (AvgIpc) is 3.31. The lowest BCUT2D eigenvalue weighted by Gasteiger charge is -2.26. The van der Waals surface area contributed by atoms with Gasteiger partial charge in [-0.3, -0.25) is 57.9 Å². The molecular weight excluding hydrogens is 981 g/mol. The number of carboxylic acid groups (broad SMARTS) is 2. The zero-order chi connectivity index (χ0) is 56.1. The maximum absolute atomic E-state index is 13.6. The Hall–Kier alpha value is -8.35. The van der Waals surface area contributed by atoms with Gasteiger partial charge in [0.2, 0.25) is 53.2 Å². The lowest BCUT2D eigenvalue weighted by atomic mass is 10.0. The van der Waals surface area contributed by atoms with Gasteiger partial charge in [-0.25, -0.2) is 4.79 Å². The number of phenolic OH excluding ortho intramolecular Hbond substituents is 1. The van der Waals surface area contributed by atoms with E-state index in [1.165, 1.54) is 24.3 Å². The van der Waals surface area contributed by atoms with E-state index >= 15 is 0 Å². The van der Waals surface area contributed by atoms with E-state index < -0.39 is 146 Å². The number of carbonyl (C=O) groups is 11. The zero-order valence-corrected chi connectivity index (χ0v) is 41.0. The number of carboxylic acids is 2. The van der Waals surface area contributed by atoms with Crippen LogP contribution in [0.25, 0.3) is 0 Å². The monoisotopic (exact) mass is 1050 g/mol. The molecule has 31 nitrogen and oxygen atoms in total. The summed E-state index contributed by atoms with van der Waals surface area (Å²) in [5.41, 5.74) is 32.8. The van der Waals surface area contributed by atoms with E-state index in [1.807, 2.05) is 0 Å². The first-order valence-corrected chi connectivity index (χ1v) is 23.1. The summed E-state index contributed by atoms with van der Waals surface area (Å²) in [5, 5.41) is 57.2. The molecule has 0 aliphatic carbocycles. The third kappa shape index (κ3) is 26.7. The Balaban J connectivity index is 3.10. The number of benzene rings is 1. The summed E-state index contributed by atoms with van der Waals surface area (Å²) >= 11 is 0. The molecule has 0 aliphatic heterocycles. The predicted molar refractivity (Wildman–Crippen MR) is 262 cm³/mol. The van der Waals surface area contributed by atoms with E-state index in [2.05, 4.69) is 52.5 Å². The second kappa shape index (κ2) is 33.3. The third-order valence-electron chi connectivity index (χ3n) is 10.2. The first-order valence-electron chi connectivity index (χ1n) is 23.1. The van der Waals surface area contributed by atoms with Gasteiger partial charge >= 0.3 is 11.9 Å². The largest absolute Gasteiger partial charge is 0.508 e. The van der Waals surface area contributed by atoms with Crippen LogP contribution in [-0.4, -0.2) is 173 Å². The highest BCUT2D eigenvalue weighted by Gasteiger charge is 2.33. The number of amides is 9. The van der Waals surface area contributed by atoms with E-state index in [4.69, 9.17) is 34.4 Å². The maximum atomic E-state index is 13.6. The van der Waals surface area contributed by atoms with Gasteiger partial charge in [0, 0.05) is 25.9 Å². The van der Waals surface area contributed by atoms with Crippen LogP contribution < -0.4 is 76.9 Å². The topological polar surface area (TPSA) is 546 Å². The van der Waals surface area contributed by atoms with Crippen molar-refractivity contribution in [3.8, 4) is 5.75 Å². The van der Waals surface area contributed by atoms with Crippen molar-refractivity contribution in [3.63, 3.8) is 0 Å². The van der Waals surface area contributed by atoms with Gasteiger partial charge in [0.15, 0.2) is 11.9 Å². The van der Waals surface area contributed by atoms with Crippen molar-refractivity contribution in [2.45, 2.75) is 114 Å². The molecule has 0 aromatic heterocycles. The standard InChI is InChI=1S/C43H70N16O15/c1-21(2)15-27(39(71)58-29(41(73)74)16-22-7-9-23(61)10-8-22)57-40(72)30(20-60)59-38(70)25(6-4-14-51-43(48)49)54-32(63)18-52-36(68)26(11-12-31(45)62)55-33(64)19-53-37(69)28(17-34(65)66)56-35(67)24(44)5-3-13-50-42(46)47/h7-10,21,24-30,60-61H,3-6,11-20,44H2,1-2H3,(H2,45,62)(H,52,68)(H,53,69)(H,54,63)(H,55,64)(H,56,67)(H,57,72)(H,58,71)(H,59,70)(H,65,66)(H,73,74)(H4,46,47,50)(H4,48,49,51)/t24-,25-,26-,27-,28-,29-,30-/m0/s1. The molecule has 1 rings (SSSR count). The van der Waals surface area contributed by atoms with Crippen LogP contribution in [0.15, 0.2) is 34.3 Å². The van der Waals surface area contributed by atoms with Gasteiger partial charge in [-0.1, -0.05) is 26.0 Å². The lowest BCUT2D eigenvalue weighted by molar-refractivity contribution is -0.142. The second-order valence-electron chi connectivity index (χ2n) is 17.0. The second-order valence-corrected chi connectivity index (χ2v) is 17.0. The molecule has 74 heavy (non-hydrogen) atoms. The Morgan fingerprint density at radius 3 is 1.51 bits per heavy atom. The number of rotatable bonds is 35. The van der Waals surface area contributed by atoms with Crippen LogP contribution in [0.3, 0.4) is 0 Å². The van der Waals surface area contributed by atoms with Gasteiger partial charge in [0.1, 0.15) is 42.0 Å². The number of hydrogen-bond acceptors (Lipinski definition) is 16. The highest BCUT2D eigenvalue weighted by Crippen LogP contribution is 2.13.